The predicted molar refractivity (Wildman–Crippen MR) is 80.4 cm³/mol. The SMILES string of the molecule is Cc1nc(C)n(C[C@H]2CN(c3ncccc3C#N)CCO2)n1. The van der Waals surface area contributed by atoms with Gasteiger partial charge in [0.15, 0.2) is 0 Å². The number of hydrogen-bond acceptors (Lipinski definition) is 6. The van der Waals surface area contributed by atoms with Crippen LogP contribution >= 0.6 is 0 Å². The van der Waals surface area contributed by atoms with E-state index in [1.807, 2.05) is 18.5 Å². The highest BCUT2D eigenvalue weighted by molar-refractivity contribution is 5.53. The standard InChI is InChI=1S/C15H18N6O/c1-11-18-12(2)21(19-11)10-14-9-20(6-7-22-14)15-13(8-16)4-3-5-17-15/h3-5,14H,6-7,9-10H2,1-2H3/t14-/m1/s1. The molecule has 0 unspecified atom stereocenters. The van der Waals surface area contributed by atoms with E-state index in [-0.39, 0.29) is 6.10 Å². The molecule has 0 N–H and O–H groups in total. The van der Waals surface area contributed by atoms with E-state index in [0.717, 1.165) is 24.0 Å². The maximum absolute atomic E-state index is 9.22. The molecule has 0 saturated carbocycles. The summed E-state index contributed by atoms with van der Waals surface area (Å²) in [4.78, 5) is 10.8. The molecule has 0 spiro atoms. The average molecular weight is 298 g/mol. The minimum atomic E-state index is 0.00194. The van der Waals surface area contributed by atoms with E-state index >= 15 is 0 Å². The third-order valence-electron chi connectivity index (χ3n) is 3.68. The van der Waals surface area contributed by atoms with E-state index in [2.05, 4.69) is 26.0 Å². The Morgan fingerprint density at radius 1 is 1.45 bits per heavy atom. The van der Waals surface area contributed by atoms with Crippen LogP contribution in [-0.4, -0.2) is 45.5 Å². The van der Waals surface area contributed by atoms with Gasteiger partial charge in [-0.05, 0) is 26.0 Å². The summed E-state index contributed by atoms with van der Waals surface area (Å²) in [6.07, 6.45) is 1.72. The smallest absolute Gasteiger partial charge is 0.147 e. The zero-order valence-electron chi connectivity index (χ0n) is 12.7. The van der Waals surface area contributed by atoms with Crippen molar-refractivity contribution in [3.63, 3.8) is 0 Å². The van der Waals surface area contributed by atoms with Crippen LogP contribution in [0.15, 0.2) is 18.3 Å². The van der Waals surface area contributed by atoms with Crippen LogP contribution in [0.1, 0.15) is 17.2 Å². The Bertz CT molecular complexity index is 704. The molecule has 7 nitrogen and oxygen atoms in total. The first-order valence-electron chi connectivity index (χ1n) is 7.27. The number of nitriles is 1. The Balaban J connectivity index is 1.74. The van der Waals surface area contributed by atoms with Crippen molar-refractivity contribution in [2.45, 2.75) is 26.5 Å². The lowest BCUT2D eigenvalue weighted by molar-refractivity contribution is 0.0266. The molecule has 7 heteroatoms. The van der Waals surface area contributed by atoms with Crippen molar-refractivity contribution in [2.24, 2.45) is 0 Å². The number of nitrogens with zero attached hydrogens (tertiary/aromatic N) is 6. The Morgan fingerprint density at radius 3 is 3.05 bits per heavy atom. The molecule has 0 bridgehead atoms. The Kier molecular flexibility index (Phi) is 4.02. The number of rotatable bonds is 3. The number of aromatic nitrogens is 4. The van der Waals surface area contributed by atoms with Gasteiger partial charge in [0.05, 0.1) is 24.8 Å². The number of anilines is 1. The fourth-order valence-electron chi connectivity index (χ4n) is 2.69. The molecule has 22 heavy (non-hydrogen) atoms. The van der Waals surface area contributed by atoms with Crippen LogP contribution in [0.3, 0.4) is 0 Å². The van der Waals surface area contributed by atoms with Gasteiger partial charge in [-0.3, -0.25) is 0 Å². The van der Waals surface area contributed by atoms with Gasteiger partial charge in [0.2, 0.25) is 0 Å². The third-order valence-corrected chi connectivity index (χ3v) is 3.68. The number of pyridine rings is 1. The summed E-state index contributed by atoms with van der Waals surface area (Å²) >= 11 is 0. The van der Waals surface area contributed by atoms with Crippen LogP contribution in [0.2, 0.25) is 0 Å². The first-order chi connectivity index (χ1) is 10.7. The highest BCUT2D eigenvalue weighted by Gasteiger charge is 2.24. The van der Waals surface area contributed by atoms with E-state index < -0.39 is 0 Å². The van der Waals surface area contributed by atoms with Gasteiger partial charge in [0.1, 0.15) is 23.5 Å². The van der Waals surface area contributed by atoms with Crippen molar-refractivity contribution in [3.8, 4) is 6.07 Å². The van der Waals surface area contributed by atoms with Crippen molar-refractivity contribution >= 4 is 5.82 Å². The molecule has 0 aromatic carbocycles. The topological polar surface area (TPSA) is 79.9 Å². The second kappa shape index (κ2) is 6.12. The summed E-state index contributed by atoms with van der Waals surface area (Å²) in [5, 5.41) is 13.6. The van der Waals surface area contributed by atoms with Crippen LogP contribution in [0.4, 0.5) is 5.82 Å². The molecular weight excluding hydrogens is 280 g/mol. The normalized spacial score (nSPS) is 18.2. The van der Waals surface area contributed by atoms with Crippen molar-refractivity contribution in [1.29, 1.82) is 5.26 Å². The van der Waals surface area contributed by atoms with Crippen LogP contribution in [0.25, 0.3) is 0 Å². The fourth-order valence-corrected chi connectivity index (χ4v) is 2.69. The molecule has 3 rings (SSSR count). The van der Waals surface area contributed by atoms with E-state index in [4.69, 9.17) is 4.74 Å². The van der Waals surface area contributed by atoms with E-state index in [0.29, 0.717) is 25.3 Å². The van der Waals surface area contributed by atoms with Crippen LogP contribution < -0.4 is 4.90 Å². The molecule has 3 heterocycles. The summed E-state index contributed by atoms with van der Waals surface area (Å²) in [6, 6.07) is 5.77. The largest absolute Gasteiger partial charge is 0.373 e. The zero-order chi connectivity index (χ0) is 15.5. The second-order valence-electron chi connectivity index (χ2n) is 5.31. The van der Waals surface area contributed by atoms with Crippen molar-refractivity contribution < 1.29 is 4.74 Å². The quantitative estimate of drug-likeness (QED) is 0.843. The average Bonchev–Trinajstić information content (AvgIpc) is 2.85. The van der Waals surface area contributed by atoms with E-state index in [9.17, 15) is 5.26 Å². The fraction of sp³-hybridized carbons (Fsp3) is 0.467. The summed E-state index contributed by atoms with van der Waals surface area (Å²) in [5.41, 5.74) is 0.593. The minimum absolute atomic E-state index is 0.00194. The van der Waals surface area contributed by atoms with Gasteiger partial charge in [0, 0.05) is 19.3 Å². The summed E-state index contributed by atoms with van der Waals surface area (Å²) in [5.74, 6) is 2.38. The highest BCUT2D eigenvalue weighted by atomic mass is 16.5. The van der Waals surface area contributed by atoms with Gasteiger partial charge in [-0.1, -0.05) is 0 Å². The van der Waals surface area contributed by atoms with Crippen LogP contribution in [-0.2, 0) is 11.3 Å². The van der Waals surface area contributed by atoms with Crippen molar-refractivity contribution in [1.82, 2.24) is 19.7 Å². The molecule has 2 aromatic rings. The lowest BCUT2D eigenvalue weighted by atomic mass is 10.2. The molecule has 1 atom stereocenters. The first-order valence-corrected chi connectivity index (χ1v) is 7.27. The van der Waals surface area contributed by atoms with Gasteiger partial charge in [-0.2, -0.15) is 10.4 Å². The summed E-state index contributed by atoms with van der Waals surface area (Å²) < 4.78 is 7.70. The predicted octanol–water partition coefficient (Wildman–Crippen LogP) is 1.07. The Morgan fingerprint density at radius 2 is 2.32 bits per heavy atom. The molecule has 1 aliphatic heterocycles. The first kappa shape index (κ1) is 14.5. The number of ether oxygens (including phenoxy) is 1. The maximum Gasteiger partial charge on any atom is 0.147 e. The van der Waals surface area contributed by atoms with Gasteiger partial charge in [0.25, 0.3) is 0 Å². The molecule has 0 aliphatic carbocycles. The lowest BCUT2D eigenvalue weighted by Crippen LogP contribution is -2.45. The number of morpholine rings is 1. The lowest BCUT2D eigenvalue weighted by Gasteiger charge is -2.34. The van der Waals surface area contributed by atoms with Gasteiger partial charge in [-0.15, -0.1) is 0 Å². The third kappa shape index (κ3) is 2.92. The summed E-state index contributed by atoms with van der Waals surface area (Å²) in [6.45, 7) is 6.50. The molecule has 1 fully saturated rings. The van der Waals surface area contributed by atoms with Crippen molar-refractivity contribution in [2.75, 3.05) is 24.6 Å². The molecule has 1 saturated heterocycles. The number of aryl methyl sites for hydroxylation is 2. The monoisotopic (exact) mass is 298 g/mol. The summed E-state index contributed by atoms with van der Waals surface area (Å²) in [7, 11) is 0. The minimum Gasteiger partial charge on any atom is -0.373 e. The molecule has 1 aliphatic rings. The Labute approximate surface area is 129 Å². The molecular formula is C15H18N6O. The molecule has 0 radical (unpaired) electrons. The van der Waals surface area contributed by atoms with Gasteiger partial charge >= 0.3 is 0 Å². The molecule has 2 aromatic heterocycles. The Hall–Kier alpha value is -2.46. The van der Waals surface area contributed by atoms with Crippen molar-refractivity contribution in [3.05, 3.63) is 35.5 Å². The van der Waals surface area contributed by atoms with Crippen LogP contribution in [0.5, 0.6) is 0 Å². The molecule has 0 amide bonds. The zero-order valence-corrected chi connectivity index (χ0v) is 12.7. The van der Waals surface area contributed by atoms with E-state index in [1.54, 1.807) is 18.3 Å². The van der Waals surface area contributed by atoms with Gasteiger partial charge in [-0.25, -0.2) is 14.6 Å². The highest BCUT2D eigenvalue weighted by Crippen LogP contribution is 2.19. The molecule has 114 valence electrons. The van der Waals surface area contributed by atoms with Crippen LogP contribution in [0, 0.1) is 25.2 Å². The maximum atomic E-state index is 9.22. The second-order valence-corrected chi connectivity index (χ2v) is 5.31. The van der Waals surface area contributed by atoms with E-state index in [1.165, 1.54) is 0 Å². The number of hydrogen-bond donors (Lipinski definition) is 0. The van der Waals surface area contributed by atoms with Gasteiger partial charge < -0.3 is 9.64 Å².